The van der Waals surface area contributed by atoms with Crippen molar-refractivity contribution in [3.8, 4) is 6.07 Å². The van der Waals surface area contributed by atoms with E-state index in [1.54, 1.807) is 0 Å². The van der Waals surface area contributed by atoms with Crippen LogP contribution in [-0.4, -0.2) is 24.5 Å². The maximum Gasteiger partial charge on any atom is 0.0972 e. The summed E-state index contributed by atoms with van der Waals surface area (Å²) in [5, 5.41) is 8.90. The van der Waals surface area contributed by atoms with Crippen molar-refractivity contribution in [2.75, 3.05) is 13.6 Å². The molecule has 1 unspecified atom stereocenters. The minimum Gasteiger partial charge on any atom is -0.291 e. The molecule has 0 aromatic heterocycles. The Morgan fingerprint density at radius 2 is 2.00 bits per heavy atom. The van der Waals surface area contributed by atoms with E-state index in [0.29, 0.717) is 0 Å². The van der Waals surface area contributed by atoms with Gasteiger partial charge in [-0.1, -0.05) is 37.3 Å². The van der Waals surface area contributed by atoms with Gasteiger partial charge in [-0.15, -0.1) is 0 Å². The van der Waals surface area contributed by atoms with Gasteiger partial charge in [0.1, 0.15) is 0 Å². The van der Waals surface area contributed by atoms with Crippen LogP contribution in [0.2, 0.25) is 0 Å². The van der Waals surface area contributed by atoms with Gasteiger partial charge in [0, 0.05) is 6.54 Å². The molecule has 15 heavy (non-hydrogen) atoms. The maximum atomic E-state index is 8.90. The summed E-state index contributed by atoms with van der Waals surface area (Å²) in [6.45, 7) is 2.99. The second-order valence-corrected chi connectivity index (χ2v) is 3.77. The molecule has 0 aliphatic carbocycles. The van der Waals surface area contributed by atoms with Gasteiger partial charge in [0.2, 0.25) is 0 Å². The van der Waals surface area contributed by atoms with Gasteiger partial charge in [-0.05, 0) is 25.5 Å². The number of hydrogen-bond acceptors (Lipinski definition) is 2. The second-order valence-electron chi connectivity index (χ2n) is 3.77. The highest BCUT2D eigenvalue weighted by Crippen LogP contribution is 2.04. The van der Waals surface area contributed by atoms with Crippen LogP contribution < -0.4 is 0 Å². The van der Waals surface area contributed by atoms with Gasteiger partial charge in [-0.2, -0.15) is 5.26 Å². The zero-order valence-corrected chi connectivity index (χ0v) is 9.48. The van der Waals surface area contributed by atoms with E-state index in [-0.39, 0.29) is 6.04 Å². The zero-order chi connectivity index (χ0) is 11.1. The van der Waals surface area contributed by atoms with Gasteiger partial charge >= 0.3 is 0 Å². The number of likely N-dealkylation sites (N-methyl/N-ethyl adjacent to an activating group) is 1. The Morgan fingerprint density at radius 3 is 2.53 bits per heavy atom. The van der Waals surface area contributed by atoms with Crippen LogP contribution in [0.1, 0.15) is 18.9 Å². The third-order valence-corrected chi connectivity index (χ3v) is 2.66. The van der Waals surface area contributed by atoms with Crippen molar-refractivity contribution in [1.29, 1.82) is 5.26 Å². The standard InChI is InChI=1S/C13H18N2/c1-3-13(11-14)15(2)10-9-12-7-5-4-6-8-12/h4-8,13H,3,9-10H2,1-2H3. The highest BCUT2D eigenvalue weighted by atomic mass is 15.1. The van der Waals surface area contributed by atoms with E-state index in [0.717, 1.165) is 19.4 Å². The summed E-state index contributed by atoms with van der Waals surface area (Å²) in [5.41, 5.74) is 1.33. The number of rotatable bonds is 5. The molecule has 0 aliphatic rings. The summed E-state index contributed by atoms with van der Waals surface area (Å²) in [7, 11) is 2.01. The van der Waals surface area contributed by atoms with Crippen LogP contribution in [0, 0.1) is 11.3 Å². The molecule has 0 radical (unpaired) electrons. The third kappa shape index (κ3) is 3.73. The number of benzene rings is 1. The average molecular weight is 202 g/mol. The molecule has 1 rings (SSSR count). The number of nitrogens with zero attached hydrogens (tertiary/aromatic N) is 2. The fraction of sp³-hybridized carbons (Fsp3) is 0.462. The van der Waals surface area contributed by atoms with Gasteiger partial charge in [0.15, 0.2) is 0 Å². The summed E-state index contributed by atoms with van der Waals surface area (Å²) in [6, 6.07) is 12.7. The minimum atomic E-state index is 0.0497. The molecule has 1 aromatic carbocycles. The summed E-state index contributed by atoms with van der Waals surface area (Å²) in [4.78, 5) is 2.12. The van der Waals surface area contributed by atoms with Crippen LogP contribution in [-0.2, 0) is 6.42 Å². The molecule has 2 nitrogen and oxygen atoms in total. The molecular weight excluding hydrogens is 184 g/mol. The first kappa shape index (κ1) is 11.7. The Kier molecular flexibility index (Phi) is 4.86. The number of nitriles is 1. The molecule has 0 saturated heterocycles. The molecule has 0 saturated carbocycles. The molecular formula is C13H18N2. The minimum absolute atomic E-state index is 0.0497. The lowest BCUT2D eigenvalue weighted by Gasteiger charge is -2.20. The van der Waals surface area contributed by atoms with Crippen LogP contribution >= 0.6 is 0 Å². The molecule has 1 aromatic rings. The second kappa shape index (κ2) is 6.21. The van der Waals surface area contributed by atoms with E-state index in [1.807, 2.05) is 20.0 Å². The van der Waals surface area contributed by atoms with E-state index in [4.69, 9.17) is 5.26 Å². The third-order valence-electron chi connectivity index (χ3n) is 2.66. The molecule has 80 valence electrons. The van der Waals surface area contributed by atoms with Crippen molar-refractivity contribution < 1.29 is 0 Å². The molecule has 0 N–H and O–H groups in total. The van der Waals surface area contributed by atoms with Crippen LogP contribution in [0.4, 0.5) is 0 Å². The SMILES string of the molecule is CCC(C#N)N(C)CCc1ccccc1. The van der Waals surface area contributed by atoms with Gasteiger partial charge in [0.05, 0.1) is 12.1 Å². The number of hydrogen-bond donors (Lipinski definition) is 0. The zero-order valence-electron chi connectivity index (χ0n) is 9.48. The van der Waals surface area contributed by atoms with E-state index in [1.165, 1.54) is 5.56 Å². The van der Waals surface area contributed by atoms with Gasteiger partial charge in [-0.3, -0.25) is 4.90 Å². The molecule has 0 aliphatic heterocycles. The summed E-state index contributed by atoms with van der Waals surface area (Å²) in [6.07, 6.45) is 1.90. The molecule has 2 heteroatoms. The van der Waals surface area contributed by atoms with Gasteiger partial charge in [0.25, 0.3) is 0 Å². The molecule has 0 fully saturated rings. The first-order valence-corrected chi connectivity index (χ1v) is 5.41. The lowest BCUT2D eigenvalue weighted by Crippen LogP contribution is -2.31. The fourth-order valence-corrected chi connectivity index (χ4v) is 1.61. The first-order valence-electron chi connectivity index (χ1n) is 5.41. The smallest absolute Gasteiger partial charge is 0.0972 e. The van der Waals surface area contributed by atoms with Gasteiger partial charge in [-0.25, -0.2) is 0 Å². The fourth-order valence-electron chi connectivity index (χ4n) is 1.61. The summed E-state index contributed by atoms with van der Waals surface area (Å²) >= 11 is 0. The van der Waals surface area contributed by atoms with Crippen LogP contribution in [0.25, 0.3) is 0 Å². The van der Waals surface area contributed by atoms with Crippen molar-refractivity contribution in [1.82, 2.24) is 4.90 Å². The normalized spacial score (nSPS) is 12.4. The lowest BCUT2D eigenvalue weighted by atomic mass is 10.1. The Balaban J connectivity index is 2.41. The largest absolute Gasteiger partial charge is 0.291 e. The highest BCUT2D eigenvalue weighted by Gasteiger charge is 2.10. The lowest BCUT2D eigenvalue weighted by molar-refractivity contribution is 0.285. The van der Waals surface area contributed by atoms with Crippen molar-refractivity contribution in [3.05, 3.63) is 35.9 Å². The first-order chi connectivity index (χ1) is 7.27. The maximum absolute atomic E-state index is 8.90. The van der Waals surface area contributed by atoms with E-state index >= 15 is 0 Å². The van der Waals surface area contributed by atoms with Gasteiger partial charge < -0.3 is 0 Å². The quantitative estimate of drug-likeness (QED) is 0.733. The molecule has 1 atom stereocenters. The predicted octanol–water partition coefficient (Wildman–Crippen LogP) is 2.46. The van der Waals surface area contributed by atoms with Crippen LogP contribution in [0.15, 0.2) is 30.3 Å². The monoisotopic (exact) mass is 202 g/mol. The average Bonchev–Trinajstić information content (AvgIpc) is 2.29. The highest BCUT2D eigenvalue weighted by molar-refractivity contribution is 5.14. The topological polar surface area (TPSA) is 27.0 Å². The molecule has 0 amide bonds. The molecule has 0 spiro atoms. The Hall–Kier alpha value is -1.33. The van der Waals surface area contributed by atoms with E-state index in [2.05, 4.69) is 35.2 Å². The Morgan fingerprint density at radius 1 is 1.33 bits per heavy atom. The summed E-state index contributed by atoms with van der Waals surface area (Å²) in [5.74, 6) is 0. The van der Waals surface area contributed by atoms with Crippen LogP contribution in [0.5, 0.6) is 0 Å². The Bertz CT molecular complexity index is 313. The van der Waals surface area contributed by atoms with Crippen molar-refractivity contribution >= 4 is 0 Å². The summed E-state index contributed by atoms with van der Waals surface area (Å²) < 4.78 is 0. The molecule has 0 bridgehead atoms. The van der Waals surface area contributed by atoms with E-state index < -0.39 is 0 Å². The predicted molar refractivity (Wildman–Crippen MR) is 62.5 cm³/mol. The molecule has 0 heterocycles. The Labute approximate surface area is 92.1 Å². The van der Waals surface area contributed by atoms with E-state index in [9.17, 15) is 0 Å². The van der Waals surface area contributed by atoms with Crippen LogP contribution in [0.3, 0.4) is 0 Å². The van der Waals surface area contributed by atoms with Crippen molar-refractivity contribution in [2.45, 2.75) is 25.8 Å². The van der Waals surface area contributed by atoms with Crippen molar-refractivity contribution in [2.24, 2.45) is 0 Å². The van der Waals surface area contributed by atoms with Crippen molar-refractivity contribution in [3.63, 3.8) is 0 Å².